The molecule has 0 atom stereocenters. The van der Waals surface area contributed by atoms with E-state index in [0.717, 1.165) is 18.6 Å². The minimum absolute atomic E-state index is 0. The summed E-state index contributed by atoms with van der Waals surface area (Å²) in [6.07, 6.45) is 3.40. The number of para-hydroxylation sites is 1. The third-order valence-corrected chi connectivity index (χ3v) is 5.68. The van der Waals surface area contributed by atoms with Crippen LogP contribution in [0.3, 0.4) is 0 Å². The van der Waals surface area contributed by atoms with Gasteiger partial charge in [-0.2, -0.15) is 0 Å². The Kier molecular flexibility index (Phi) is 10.3. The molecule has 2 rings (SSSR count). The van der Waals surface area contributed by atoms with Crippen molar-refractivity contribution >= 4 is 24.2 Å². The maximum absolute atomic E-state index is 12.6. The zero-order valence-electron chi connectivity index (χ0n) is 17.0. The summed E-state index contributed by atoms with van der Waals surface area (Å²) in [5.41, 5.74) is 5.57. The van der Waals surface area contributed by atoms with E-state index in [1.54, 1.807) is 0 Å². The van der Waals surface area contributed by atoms with Crippen LogP contribution in [-0.4, -0.2) is 48.5 Å². The summed E-state index contributed by atoms with van der Waals surface area (Å²) in [5, 5.41) is 3.16. The average molecular weight is 412 g/mol. The van der Waals surface area contributed by atoms with Gasteiger partial charge in [0, 0.05) is 25.6 Å². The van der Waals surface area contributed by atoms with Crippen LogP contribution in [0.15, 0.2) is 30.3 Å². The Bertz CT molecular complexity index is 592. The van der Waals surface area contributed by atoms with Crippen LogP contribution in [0.1, 0.15) is 46.0 Å². The van der Waals surface area contributed by atoms with Crippen molar-refractivity contribution in [2.45, 2.75) is 51.5 Å². The van der Waals surface area contributed by atoms with Crippen LogP contribution in [0.4, 0.5) is 0 Å². The lowest BCUT2D eigenvalue weighted by Gasteiger charge is -2.36. The largest absolute Gasteiger partial charge is 0.493 e. The second kappa shape index (κ2) is 11.9. The molecular weight excluding hydrogens is 378 g/mol. The number of nitrogens with two attached hydrogens (primary N) is 1. The van der Waals surface area contributed by atoms with Gasteiger partial charge in [-0.15, -0.1) is 12.4 Å². The smallest absolute Gasteiger partial charge is 0.225 e. The highest BCUT2D eigenvalue weighted by Crippen LogP contribution is 2.21. The molecule has 1 aromatic carbocycles. The van der Waals surface area contributed by atoms with E-state index in [1.165, 1.54) is 0 Å². The molecular formula is C21H34ClN3O3. The number of carbonyl (C=O) groups excluding carboxylic acids is 2. The van der Waals surface area contributed by atoms with Gasteiger partial charge in [-0.3, -0.25) is 9.59 Å². The number of benzene rings is 1. The molecule has 1 aliphatic heterocycles. The van der Waals surface area contributed by atoms with E-state index >= 15 is 0 Å². The van der Waals surface area contributed by atoms with Crippen molar-refractivity contribution in [2.75, 3.05) is 26.2 Å². The van der Waals surface area contributed by atoms with Crippen molar-refractivity contribution in [2.24, 2.45) is 11.7 Å². The topological polar surface area (TPSA) is 84.7 Å². The Morgan fingerprint density at radius 1 is 1.18 bits per heavy atom. The maximum Gasteiger partial charge on any atom is 0.225 e. The summed E-state index contributed by atoms with van der Waals surface area (Å²) in [7, 11) is 0. The quantitative estimate of drug-likeness (QED) is 0.654. The Morgan fingerprint density at radius 2 is 1.79 bits per heavy atom. The number of nitrogens with one attached hydrogen (secondary N) is 1. The molecule has 28 heavy (non-hydrogen) atoms. The van der Waals surface area contributed by atoms with E-state index in [0.29, 0.717) is 45.5 Å². The van der Waals surface area contributed by atoms with E-state index in [2.05, 4.69) is 19.2 Å². The van der Waals surface area contributed by atoms with Crippen LogP contribution in [0.25, 0.3) is 0 Å². The number of rotatable bonds is 9. The van der Waals surface area contributed by atoms with Crippen molar-refractivity contribution in [1.82, 2.24) is 10.2 Å². The lowest BCUT2D eigenvalue weighted by molar-refractivity contribution is -0.136. The van der Waals surface area contributed by atoms with Crippen molar-refractivity contribution in [3.63, 3.8) is 0 Å². The number of hydrogen-bond donors (Lipinski definition) is 2. The standard InChI is InChI=1S/C21H33N3O3.ClH/c1-3-21(4-2,16-22)23-20(26)17-10-13-24(14-11-17)19(25)12-15-27-18-8-6-5-7-9-18;/h5-9,17H,3-4,10-16,22H2,1-2H3,(H,23,26);1H. The summed E-state index contributed by atoms with van der Waals surface area (Å²) in [6, 6.07) is 9.49. The first-order valence-corrected chi connectivity index (χ1v) is 10.0. The van der Waals surface area contributed by atoms with Gasteiger partial charge in [-0.1, -0.05) is 32.0 Å². The zero-order chi connectivity index (χ0) is 19.7. The number of ether oxygens (including phenoxy) is 1. The van der Waals surface area contributed by atoms with Crippen LogP contribution >= 0.6 is 12.4 Å². The molecule has 0 aliphatic carbocycles. The third-order valence-electron chi connectivity index (χ3n) is 5.68. The van der Waals surface area contributed by atoms with Gasteiger partial charge in [-0.25, -0.2) is 0 Å². The lowest BCUT2D eigenvalue weighted by Crippen LogP contribution is -2.55. The molecule has 3 N–H and O–H groups in total. The number of halogens is 1. The lowest BCUT2D eigenvalue weighted by atomic mass is 9.89. The summed E-state index contributed by atoms with van der Waals surface area (Å²) >= 11 is 0. The predicted molar refractivity (Wildman–Crippen MR) is 114 cm³/mol. The number of nitrogens with zero attached hydrogens (tertiary/aromatic N) is 1. The van der Waals surface area contributed by atoms with Crippen LogP contribution in [0, 0.1) is 5.92 Å². The molecule has 1 saturated heterocycles. The Balaban J connectivity index is 0.00000392. The minimum Gasteiger partial charge on any atom is -0.493 e. The molecule has 0 aromatic heterocycles. The summed E-state index contributed by atoms with van der Waals surface area (Å²) in [5.74, 6) is 0.890. The second-order valence-corrected chi connectivity index (χ2v) is 7.25. The molecule has 1 aliphatic rings. The molecule has 0 spiro atoms. The van der Waals surface area contributed by atoms with Crippen molar-refractivity contribution < 1.29 is 14.3 Å². The van der Waals surface area contributed by atoms with Crippen molar-refractivity contribution in [3.8, 4) is 5.75 Å². The molecule has 0 saturated carbocycles. The SMILES string of the molecule is CCC(CC)(CN)NC(=O)C1CCN(C(=O)CCOc2ccccc2)CC1.Cl. The average Bonchev–Trinajstić information content (AvgIpc) is 2.73. The molecule has 7 heteroatoms. The Morgan fingerprint density at radius 3 is 2.32 bits per heavy atom. The highest BCUT2D eigenvalue weighted by molar-refractivity contribution is 5.85. The van der Waals surface area contributed by atoms with Gasteiger partial charge in [0.15, 0.2) is 0 Å². The highest BCUT2D eigenvalue weighted by Gasteiger charge is 2.32. The summed E-state index contributed by atoms with van der Waals surface area (Å²) in [4.78, 5) is 26.8. The fraction of sp³-hybridized carbons (Fsp3) is 0.619. The number of likely N-dealkylation sites (tertiary alicyclic amines) is 1. The molecule has 2 amide bonds. The number of carbonyl (C=O) groups is 2. The van der Waals surface area contributed by atoms with E-state index < -0.39 is 0 Å². The number of amides is 2. The van der Waals surface area contributed by atoms with Crippen LogP contribution in [0.5, 0.6) is 5.75 Å². The van der Waals surface area contributed by atoms with Crippen LogP contribution in [-0.2, 0) is 9.59 Å². The van der Waals surface area contributed by atoms with Crippen LogP contribution < -0.4 is 15.8 Å². The zero-order valence-corrected chi connectivity index (χ0v) is 17.8. The summed E-state index contributed by atoms with van der Waals surface area (Å²) < 4.78 is 5.60. The first kappa shape index (κ1) is 24.2. The first-order chi connectivity index (χ1) is 13.0. The Labute approximate surface area is 174 Å². The first-order valence-electron chi connectivity index (χ1n) is 10.0. The molecule has 0 radical (unpaired) electrons. The van der Waals surface area contributed by atoms with Gasteiger partial charge in [0.2, 0.25) is 11.8 Å². The monoisotopic (exact) mass is 411 g/mol. The second-order valence-electron chi connectivity index (χ2n) is 7.25. The molecule has 158 valence electrons. The van der Waals surface area contributed by atoms with Crippen LogP contribution in [0.2, 0.25) is 0 Å². The minimum atomic E-state index is -0.307. The molecule has 0 unspecified atom stereocenters. The van der Waals surface area contributed by atoms with Gasteiger partial charge < -0.3 is 20.7 Å². The fourth-order valence-corrected chi connectivity index (χ4v) is 3.45. The fourth-order valence-electron chi connectivity index (χ4n) is 3.45. The van der Waals surface area contributed by atoms with Crippen molar-refractivity contribution in [1.29, 1.82) is 0 Å². The van der Waals surface area contributed by atoms with E-state index in [-0.39, 0.29) is 35.7 Å². The van der Waals surface area contributed by atoms with Gasteiger partial charge in [-0.05, 0) is 37.8 Å². The number of hydrogen-bond acceptors (Lipinski definition) is 4. The van der Waals surface area contributed by atoms with Gasteiger partial charge in [0.25, 0.3) is 0 Å². The van der Waals surface area contributed by atoms with Gasteiger partial charge >= 0.3 is 0 Å². The molecule has 1 fully saturated rings. The third kappa shape index (κ3) is 6.67. The van der Waals surface area contributed by atoms with E-state index in [9.17, 15) is 9.59 Å². The Hall–Kier alpha value is -1.79. The van der Waals surface area contributed by atoms with Crippen molar-refractivity contribution in [3.05, 3.63) is 30.3 Å². The van der Waals surface area contributed by atoms with E-state index in [4.69, 9.17) is 10.5 Å². The van der Waals surface area contributed by atoms with Gasteiger partial charge in [0.05, 0.1) is 18.6 Å². The highest BCUT2D eigenvalue weighted by atomic mass is 35.5. The predicted octanol–water partition coefficient (Wildman–Crippen LogP) is 2.75. The molecule has 1 aromatic rings. The normalized spacial score (nSPS) is 14.9. The molecule has 1 heterocycles. The molecule has 6 nitrogen and oxygen atoms in total. The number of piperidine rings is 1. The maximum atomic E-state index is 12.6. The van der Waals surface area contributed by atoms with Gasteiger partial charge in [0.1, 0.15) is 5.75 Å². The summed E-state index contributed by atoms with van der Waals surface area (Å²) in [6.45, 7) is 6.16. The molecule has 0 bridgehead atoms. The van der Waals surface area contributed by atoms with E-state index in [1.807, 2.05) is 35.2 Å².